The number of nitrogens with zero attached hydrogens (tertiary/aromatic N) is 1. The number of likely N-dealkylation sites (N-methyl/N-ethyl adjacent to an activating group) is 1. The fourth-order valence-corrected chi connectivity index (χ4v) is 2.56. The predicted octanol–water partition coefficient (Wildman–Crippen LogP) is 3.02. The first-order chi connectivity index (χ1) is 11.6. The molecular weight excluding hydrogens is 330 g/mol. The van der Waals surface area contributed by atoms with Gasteiger partial charge < -0.3 is 19.1 Å². The average Bonchev–Trinajstić information content (AvgIpc) is 2.60. The van der Waals surface area contributed by atoms with Gasteiger partial charge in [-0.15, -0.1) is 0 Å². The van der Waals surface area contributed by atoms with Crippen LogP contribution in [-0.2, 0) is 4.79 Å². The van der Waals surface area contributed by atoms with E-state index in [4.69, 9.17) is 25.8 Å². The summed E-state index contributed by atoms with van der Waals surface area (Å²) in [5.74, 6) is 1.76. The van der Waals surface area contributed by atoms with Gasteiger partial charge in [-0.1, -0.05) is 35.9 Å². The van der Waals surface area contributed by atoms with Crippen LogP contribution in [0.15, 0.2) is 48.5 Å². The molecule has 0 spiro atoms. The number of carbonyl (C=O) groups is 1. The second-order valence-corrected chi connectivity index (χ2v) is 5.90. The minimum atomic E-state index is -0.214. The van der Waals surface area contributed by atoms with Crippen LogP contribution < -0.4 is 14.2 Å². The van der Waals surface area contributed by atoms with Crippen LogP contribution in [0.25, 0.3) is 0 Å². The van der Waals surface area contributed by atoms with Crippen molar-refractivity contribution in [2.24, 2.45) is 0 Å². The molecule has 0 saturated carbocycles. The Bertz CT molecular complexity index is 722. The van der Waals surface area contributed by atoms with E-state index in [2.05, 4.69) is 0 Å². The normalized spacial score (nSPS) is 15.7. The van der Waals surface area contributed by atoms with Crippen LogP contribution in [0.1, 0.15) is 0 Å². The molecule has 0 bridgehead atoms. The van der Waals surface area contributed by atoms with Crippen LogP contribution in [0.4, 0.5) is 0 Å². The summed E-state index contributed by atoms with van der Waals surface area (Å²) < 4.78 is 17.0. The highest BCUT2D eigenvalue weighted by molar-refractivity contribution is 6.32. The molecule has 1 amide bonds. The van der Waals surface area contributed by atoms with E-state index in [0.29, 0.717) is 29.7 Å². The molecule has 3 rings (SSSR count). The first-order valence-electron chi connectivity index (χ1n) is 7.63. The van der Waals surface area contributed by atoms with E-state index in [0.717, 1.165) is 5.75 Å². The Morgan fingerprint density at radius 2 is 1.92 bits per heavy atom. The smallest absolute Gasteiger partial charge is 0.260 e. The highest BCUT2D eigenvalue weighted by Crippen LogP contribution is 2.31. The topological polar surface area (TPSA) is 48.0 Å². The molecule has 1 unspecified atom stereocenters. The number of benzene rings is 2. The Morgan fingerprint density at radius 3 is 2.71 bits per heavy atom. The fraction of sp³-hybridized carbons (Fsp3) is 0.278. The summed E-state index contributed by atoms with van der Waals surface area (Å²) >= 11 is 6.00. The summed E-state index contributed by atoms with van der Waals surface area (Å²) in [6.45, 7) is 0.740. The third-order valence-electron chi connectivity index (χ3n) is 3.66. The van der Waals surface area contributed by atoms with Crippen LogP contribution in [0.3, 0.4) is 0 Å². The van der Waals surface area contributed by atoms with E-state index >= 15 is 0 Å². The van der Waals surface area contributed by atoms with Gasteiger partial charge in [-0.25, -0.2) is 0 Å². The monoisotopic (exact) mass is 347 g/mol. The Morgan fingerprint density at radius 1 is 1.21 bits per heavy atom. The molecule has 1 aliphatic rings. The quantitative estimate of drug-likeness (QED) is 0.834. The molecule has 126 valence electrons. The van der Waals surface area contributed by atoms with Crippen molar-refractivity contribution in [1.29, 1.82) is 0 Å². The zero-order valence-corrected chi connectivity index (χ0v) is 14.0. The van der Waals surface area contributed by atoms with Crippen LogP contribution in [0.2, 0.25) is 5.02 Å². The van der Waals surface area contributed by atoms with Crippen molar-refractivity contribution in [1.82, 2.24) is 4.90 Å². The van der Waals surface area contributed by atoms with Gasteiger partial charge in [-0.3, -0.25) is 4.79 Å². The molecule has 5 nitrogen and oxygen atoms in total. The molecule has 1 aliphatic heterocycles. The predicted molar refractivity (Wildman–Crippen MR) is 90.9 cm³/mol. The number of amides is 1. The maximum absolute atomic E-state index is 12.2. The first-order valence-corrected chi connectivity index (χ1v) is 8.01. The summed E-state index contributed by atoms with van der Waals surface area (Å²) in [4.78, 5) is 13.8. The van der Waals surface area contributed by atoms with Gasteiger partial charge in [0.1, 0.15) is 12.4 Å². The van der Waals surface area contributed by atoms with Gasteiger partial charge in [0.15, 0.2) is 24.2 Å². The standard InChI is InChI=1S/C18H18ClNO4/c1-20(18(21)12-23-15-7-3-2-6-14(15)19)10-13-11-22-16-8-4-5-9-17(16)24-13/h2-9,13H,10-12H2,1H3. The lowest BCUT2D eigenvalue weighted by molar-refractivity contribution is -0.133. The molecule has 1 heterocycles. The Hall–Kier alpha value is -2.40. The molecule has 6 heteroatoms. The van der Waals surface area contributed by atoms with Gasteiger partial charge in [0, 0.05) is 7.05 Å². The van der Waals surface area contributed by atoms with Crippen molar-refractivity contribution in [3.63, 3.8) is 0 Å². The summed E-state index contributed by atoms with van der Waals surface area (Å²) in [5.41, 5.74) is 0. The molecule has 0 aromatic heterocycles. The van der Waals surface area contributed by atoms with Crippen LogP contribution >= 0.6 is 11.6 Å². The minimum absolute atomic E-state index is 0.0790. The van der Waals surface area contributed by atoms with E-state index in [1.165, 1.54) is 0 Å². The highest BCUT2D eigenvalue weighted by atomic mass is 35.5. The van der Waals surface area contributed by atoms with E-state index < -0.39 is 0 Å². The van der Waals surface area contributed by atoms with Gasteiger partial charge in [-0.2, -0.15) is 0 Å². The van der Waals surface area contributed by atoms with Crippen molar-refractivity contribution in [3.8, 4) is 17.2 Å². The van der Waals surface area contributed by atoms with Crippen LogP contribution in [-0.4, -0.2) is 43.7 Å². The van der Waals surface area contributed by atoms with E-state index in [1.807, 2.05) is 24.3 Å². The molecule has 0 radical (unpaired) electrons. The van der Waals surface area contributed by atoms with E-state index in [9.17, 15) is 4.79 Å². The Kier molecular flexibility index (Phi) is 5.11. The number of carbonyl (C=O) groups excluding carboxylic acids is 1. The third-order valence-corrected chi connectivity index (χ3v) is 3.97. The van der Waals surface area contributed by atoms with Crippen molar-refractivity contribution in [2.45, 2.75) is 6.10 Å². The maximum atomic E-state index is 12.2. The molecule has 2 aromatic carbocycles. The highest BCUT2D eigenvalue weighted by Gasteiger charge is 2.23. The zero-order valence-electron chi connectivity index (χ0n) is 13.3. The second-order valence-electron chi connectivity index (χ2n) is 5.49. The molecule has 24 heavy (non-hydrogen) atoms. The van der Waals surface area contributed by atoms with Gasteiger partial charge in [-0.05, 0) is 24.3 Å². The molecule has 0 fully saturated rings. The molecule has 1 atom stereocenters. The summed E-state index contributed by atoms with van der Waals surface area (Å²) in [7, 11) is 1.71. The Balaban J connectivity index is 1.51. The van der Waals surface area contributed by atoms with Crippen molar-refractivity contribution >= 4 is 17.5 Å². The average molecular weight is 348 g/mol. The SMILES string of the molecule is CN(CC1COc2ccccc2O1)C(=O)COc1ccccc1Cl. The van der Waals surface area contributed by atoms with Gasteiger partial charge >= 0.3 is 0 Å². The summed E-state index contributed by atoms with van der Waals surface area (Å²) in [5, 5.41) is 0.480. The van der Waals surface area contributed by atoms with Crippen molar-refractivity contribution in [2.75, 3.05) is 26.8 Å². The number of rotatable bonds is 5. The van der Waals surface area contributed by atoms with Gasteiger partial charge in [0.2, 0.25) is 0 Å². The van der Waals surface area contributed by atoms with Crippen molar-refractivity contribution < 1.29 is 19.0 Å². The summed E-state index contributed by atoms with van der Waals surface area (Å²) in [6.07, 6.45) is -0.214. The molecular formula is C18H18ClNO4. The lowest BCUT2D eigenvalue weighted by Crippen LogP contribution is -2.43. The van der Waals surface area contributed by atoms with E-state index in [1.54, 1.807) is 36.2 Å². The van der Waals surface area contributed by atoms with Gasteiger partial charge in [0.25, 0.3) is 5.91 Å². The van der Waals surface area contributed by atoms with Crippen LogP contribution in [0.5, 0.6) is 17.2 Å². The number of para-hydroxylation sites is 3. The minimum Gasteiger partial charge on any atom is -0.486 e. The van der Waals surface area contributed by atoms with E-state index in [-0.39, 0.29) is 18.6 Å². The number of hydrogen-bond acceptors (Lipinski definition) is 4. The second kappa shape index (κ2) is 7.45. The third kappa shape index (κ3) is 3.92. The molecule has 0 N–H and O–H groups in total. The maximum Gasteiger partial charge on any atom is 0.260 e. The lowest BCUT2D eigenvalue weighted by atomic mass is 10.2. The molecule has 0 saturated heterocycles. The Labute approximate surface area is 145 Å². The number of halogens is 1. The zero-order chi connectivity index (χ0) is 16.9. The summed E-state index contributed by atoms with van der Waals surface area (Å²) in [6, 6.07) is 14.5. The fourth-order valence-electron chi connectivity index (χ4n) is 2.37. The van der Waals surface area contributed by atoms with Gasteiger partial charge in [0.05, 0.1) is 11.6 Å². The largest absolute Gasteiger partial charge is 0.486 e. The number of ether oxygens (including phenoxy) is 3. The molecule has 2 aromatic rings. The van der Waals surface area contributed by atoms with Crippen molar-refractivity contribution in [3.05, 3.63) is 53.6 Å². The number of hydrogen-bond donors (Lipinski definition) is 0. The number of fused-ring (bicyclic) bond motifs is 1. The first kappa shape index (κ1) is 16.5. The lowest BCUT2D eigenvalue weighted by Gasteiger charge is -2.29. The van der Waals surface area contributed by atoms with Crippen LogP contribution in [0, 0.1) is 0 Å². The molecule has 0 aliphatic carbocycles.